The first-order valence-electron chi connectivity index (χ1n) is 11.5. The fourth-order valence-corrected chi connectivity index (χ4v) is 4.29. The second-order valence-electron chi connectivity index (χ2n) is 8.60. The average Bonchev–Trinajstić information content (AvgIpc) is 2.89. The maximum atomic E-state index is 12.7. The van der Waals surface area contributed by atoms with Gasteiger partial charge >= 0.3 is 5.97 Å². The molecule has 3 aromatic carbocycles. The molecule has 0 radical (unpaired) electrons. The highest BCUT2D eigenvalue weighted by molar-refractivity contribution is 5.97. The highest BCUT2D eigenvalue weighted by Crippen LogP contribution is 2.30. The number of ketones is 1. The number of nitrogens with zero attached hydrogens (tertiary/aromatic N) is 1. The number of piperidine rings is 1. The van der Waals surface area contributed by atoms with Gasteiger partial charge in [-0.25, -0.2) is 4.79 Å². The monoisotopic (exact) mass is 459 g/mol. The van der Waals surface area contributed by atoms with E-state index in [4.69, 9.17) is 9.84 Å². The molecule has 1 aliphatic rings. The van der Waals surface area contributed by atoms with Crippen molar-refractivity contribution in [3.63, 3.8) is 0 Å². The lowest BCUT2D eigenvalue weighted by molar-refractivity contribution is -0.146. The molecule has 1 fully saturated rings. The number of rotatable bonds is 9. The average molecular weight is 460 g/mol. The first kappa shape index (κ1) is 23.8. The number of aliphatic carboxylic acids is 1. The maximum Gasteiger partial charge on any atom is 0.337 e. The van der Waals surface area contributed by atoms with Gasteiger partial charge in [0.2, 0.25) is 0 Å². The van der Waals surface area contributed by atoms with Crippen molar-refractivity contribution < 1.29 is 24.5 Å². The summed E-state index contributed by atoms with van der Waals surface area (Å²) in [5, 5.41) is 18.5. The van der Waals surface area contributed by atoms with Crippen molar-refractivity contribution in [2.75, 3.05) is 19.6 Å². The second kappa shape index (κ2) is 11.2. The van der Waals surface area contributed by atoms with Crippen molar-refractivity contribution in [3.05, 3.63) is 107 Å². The van der Waals surface area contributed by atoms with Crippen molar-refractivity contribution in [2.45, 2.75) is 31.2 Å². The van der Waals surface area contributed by atoms with Gasteiger partial charge in [-0.05, 0) is 29.5 Å². The smallest absolute Gasteiger partial charge is 0.337 e. The largest absolute Gasteiger partial charge is 0.479 e. The van der Waals surface area contributed by atoms with E-state index >= 15 is 0 Å². The van der Waals surface area contributed by atoms with E-state index in [2.05, 4.69) is 29.2 Å². The quantitative estimate of drug-likeness (QED) is 0.465. The fraction of sp³-hybridized carbons (Fsp3) is 0.286. The Bertz CT molecular complexity index is 1040. The van der Waals surface area contributed by atoms with Gasteiger partial charge < -0.3 is 14.9 Å². The summed E-state index contributed by atoms with van der Waals surface area (Å²) in [5.74, 6) is -1.34. The minimum atomic E-state index is -1.58. The molecule has 3 aromatic rings. The van der Waals surface area contributed by atoms with Crippen molar-refractivity contribution in [1.82, 2.24) is 4.90 Å². The van der Waals surface area contributed by atoms with Crippen molar-refractivity contribution in [2.24, 2.45) is 0 Å². The van der Waals surface area contributed by atoms with E-state index in [0.29, 0.717) is 12.1 Å². The van der Waals surface area contributed by atoms with E-state index in [0.717, 1.165) is 37.1 Å². The Morgan fingerprint density at radius 1 is 0.824 bits per heavy atom. The molecule has 6 nitrogen and oxygen atoms in total. The number of carbonyl (C=O) groups is 2. The highest BCUT2D eigenvalue weighted by Gasteiger charge is 2.26. The number of Topliss-reactive ketones (excluding diaryl/α,β-unsaturated/α-hetero) is 1. The molecule has 0 amide bonds. The molecule has 0 aromatic heterocycles. The summed E-state index contributed by atoms with van der Waals surface area (Å²) < 4.78 is 6.57. The van der Waals surface area contributed by atoms with Crippen LogP contribution in [-0.4, -0.2) is 52.6 Å². The minimum absolute atomic E-state index is 0.0258. The summed E-state index contributed by atoms with van der Waals surface area (Å²) in [4.78, 5) is 25.7. The summed E-state index contributed by atoms with van der Waals surface area (Å²) in [7, 11) is 0. The Kier molecular flexibility index (Phi) is 7.85. The van der Waals surface area contributed by atoms with Gasteiger partial charge in [-0.2, -0.15) is 0 Å². The number of carboxylic acids is 1. The molecule has 1 aliphatic heterocycles. The third-order valence-electron chi connectivity index (χ3n) is 6.22. The van der Waals surface area contributed by atoms with E-state index in [1.54, 1.807) is 12.1 Å². The molecule has 6 heteroatoms. The van der Waals surface area contributed by atoms with Gasteiger partial charge in [-0.3, -0.25) is 9.69 Å². The van der Waals surface area contributed by atoms with E-state index in [1.807, 2.05) is 36.4 Å². The van der Waals surface area contributed by atoms with Crippen LogP contribution >= 0.6 is 0 Å². The molecule has 1 atom stereocenters. The molecule has 4 rings (SSSR count). The molecule has 34 heavy (non-hydrogen) atoms. The van der Waals surface area contributed by atoms with Crippen LogP contribution in [0.2, 0.25) is 0 Å². The molecule has 1 unspecified atom stereocenters. The van der Waals surface area contributed by atoms with Crippen LogP contribution in [0.1, 0.15) is 52.1 Å². The number of benzene rings is 3. The number of aliphatic hydroxyl groups is 1. The van der Waals surface area contributed by atoms with Gasteiger partial charge in [0.1, 0.15) is 6.10 Å². The van der Waals surface area contributed by atoms with Crippen LogP contribution in [0.15, 0.2) is 84.9 Å². The summed E-state index contributed by atoms with van der Waals surface area (Å²) in [5.41, 5.74) is 3.02. The van der Waals surface area contributed by atoms with Crippen LogP contribution in [0, 0.1) is 0 Å². The standard InChI is InChI=1S/C28H29NO5/c30-25(20-11-13-21(14-12-20)26(31)28(32)33)19-29-17-15-24(16-18-29)34-27(22-7-3-1-4-8-22)23-9-5-2-6-10-23/h1-14,24,26-27,31H,15-19H2,(H,32,33). The van der Waals surface area contributed by atoms with E-state index in [-0.39, 0.29) is 23.6 Å². The number of likely N-dealkylation sites (tertiary alicyclic amines) is 1. The fourth-order valence-electron chi connectivity index (χ4n) is 4.29. The lowest BCUT2D eigenvalue weighted by Gasteiger charge is -2.34. The Morgan fingerprint density at radius 3 is 1.85 bits per heavy atom. The molecule has 0 spiro atoms. The van der Waals surface area contributed by atoms with Crippen LogP contribution < -0.4 is 0 Å². The molecule has 1 saturated heterocycles. The van der Waals surface area contributed by atoms with Crippen LogP contribution in [0.5, 0.6) is 0 Å². The Hall–Kier alpha value is -3.32. The van der Waals surface area contributed by atoms with E-state index in [1.165, 1.54) is 12.1 Å². The number of hydrogen-bond acceptors (Lipinski definition) is 5. The highest BCUT2D eigenvalue weighted by atomic mass is 16.5. The number of carboxylic acid groups (broad SMARTS) is 1. The van der Waals surface area contributed by atoms with Gasteiger partial charge in [-0.15, -0.1) is 0 Å². The summed E-state index contributed by atoms with van der Waals surface area (Å²) in [6.45, 7) is 1.83. The van der Waals surface area contributed by atoms with Crippen LogP contribution in [0.3, 0.4) is 0 Å². The topological polar surface area (TPSA) is 87.1 Å². The zero-order chi connectivity index (χ0) is 23.9. The molecular formula is C28H29NO5. The lowest BCUT2D eigenvalue weighted by atomic mass is 10.00. The van der Waals surface area contributed by atoms with Crippen LogP contribution in [0.4, 0.5) is 0 Å². The van der Waals surface area contributed by atoms with Crippen LogP contribution in [-0.2, 0) is 9.53 Å². The summed E-state index contributed by atoms with van der Waals surface area (Å²) in [6.07, 6.45) is 0.0768. The number of aliphatic hydroxyl groups excluding tert-OH is 1. The van der Waals surface area contributed by atoms with Crippen molar-refractivity contribution >= 4 is 11.8 Å². The van der Waals surface area contributed by atoms with Gasteiger partial charge in [0.25, 0.3) is 0 Å². The second-order valence-corrected chi connectivity index (χ2v) is 8.60. The van der Waals surface area contributed by atoms with Crippen molar-refractivity contribution in [3.8, 4) is 0 Å². The van der Waals surface area contributed by atoms with E-state index < -0.39 is 12.1 Å². The Morgan fingerprint density at radius 2 is 1.35 bits per heavy atom. The van der Waals surface area contributed by atoms with Gasteiger partial charge in [0.05, 0.1) is 12.6 Å². The Labute approximate surface area is 199 Å². The molecule has 0 saturated carbocycles. The Balaban J connectivity index is 1.33. The normalized spacial score (nSPS) is 15.8. The molecule has 176 valence electrons. The first-order valence-corrected chi connectivity index (χ1v) is 11.5. The van der Waals surface area contributed by atoms with Gasteiger partial charge in [-0.1, -0.05) is 84.9 Å². The third kappa shape index (κ3) is 5.97. The predicted octanol–water partition coefficient (Wildman–Crippen LogP) is 4.26. The maximum absolute atomic E-state index is 12.7. The van der Waals surface area contributed by atoms with Crippen molar-refractivity contribution in [1.29, 1.82) is 0 Å². The summed E-state index contributed by atoms with van der Waals surface area (Å²) in [6, 6.07) is 26.6. The lowest BCUT2D eigenvalue weighted by Crippen LogP contribution is -2.40. The number of ether oxygens (including phenoxy) is 1. The minimum Gasteiger partial charge on any atom is -0.479 e. The summed E-state index contributed by atoms with van der Waals surface area (Å²) >= 11 is 0. The molecule has 2 N–H and O–H groups in total. The first-order chi connectivity index (χ1) is 16.5. The van der Waals surface area contributed by atoms with Gasteiger partial charge in [0.15, 0.2) is 11.9 Å². The van der Waals surface area contributed by atoms with Crippen LogP contribution in [0.25, 0.3) is 0 Å². The number of carbonyl (C=O) groups excluding carboxylic acids is 1. The number of hydrogen-bond donors (Lipinski definition) is 2. The molecular weight excluding hydrogens is 430 g/mol. The predicted molar refractivity (Wildman–Crippen MR) is 129 cm³/mol. The third-order valence-corrected chi connectivity index (χ3v) is 6.22. The molecule has 1 heterocycles. The molecule has 0 bridgehead atoms. The van der Waals surface area contributed by atoms with Gasteiger partial charge in [0, 0.05) is 18.7 Å². The zero-order valence-electron chi connectivity index (χ0n) is 18.9. The van der Waals surface area contributed by atoms with E-state index in [9.17, 15) is 14.7 Å². The zero-order valence-corrected chi connectivity index (χ0v) is 18.9. The molecule has 0 aliphatic carbocycles. The SMILES string of the molecule is O=C(CN1CCC(OC(c2ccccc2)c2ccccc2)CC1)c1ccc(C(O)C(=O)O)cc1.